The lowest BCUT2D eigenvalue weighted by Crippen LogP contribution is -2.42. The molecule has 9 heteroatoms. The van der Waals surface area contributed by atoms with Crippen LogP contribution in [0.1, 0.15) is 23.6 Å². The van der Waals surface area contributed by atoms with E-state index in [0.717, 1.165) is 16.9 Å². The largest absolute Gasteiger partial charge is 0.496 e. The Bertz CT molecular complexity index is 915. The van der Waals surface area contributed by atoms with Gasteiger partial charge in [0, 0.05) is 12.1 Å². The molecule has 1 aliphatic heterocycles. The van der Waals surface area contributed by atoms with Crippen LogP contribution in [0.25, 0.3) is 0 Å². The lowest BCUT2D eigenvalue weighted by atomic mass is 10.0. The average Bonchev–Trinajstić information content (AvgIpc) is 3.16. The molecule has 2 atom stereocenters. The lowest BCUT2D eigenvalue weighted by Gasteiger charge is -2.14. The highest BCUT2D eigenvalue weighted by molar-refractivity contribution is 7.89. The first kappa shape index (κ1) is 19.3. The molecule has 1 heterocycles. The molecule has 1 fully saturated rings. The Kier molecular flexibility index (Phi) is 5.76. The molecule has 0 radical (unpaired) electrons. The van der Waals surface area contributed by atoms with Crippen LogP contribution in [0.15, 0.2) is 53.4 Å². The highest BCUT2D eigenvalue weighted by atomic mass is 32.2. The number of ether oxygens (including phenoxy) is 1. The van der Waals surface area contributed by atoms with Gasteiger partial charge in [-0.3, -0.25) is 4.79 Å². The fraction of sp³-hybridized carbons (Fsp3) is 0.278. The minimum absolute atomic E-state index is 0.0362. The molecule has 8 nitrogen and oxygen atoms in total. The summed E-state index contributed by atoms with van der Waals surface area (Å²) in [6, 6.07) is 13.3. The van der Waals surface area contributed by atoms with Gasteiger partial charge >= 0.3 is 0 Å². The summed E-state index contributed by atoms with van der Waals surface area (Å²) in [4.78, 5) is 12.5. The van der Waals surface area contributed by atoms with E-state index in [4.69, 9.17) is 9.88 Å². The number of nitrogens with one attached hydrogen (secondary N) is 3. The smallest absolute Gasteiger partial charge is 0.238 e. The van der Waals surface area contributed by atoms with Gasteiger partial charge in [-0.25, -0.2) is 24.4 Å². The van der Waals surface area contributed by atoms with Gasteiger partial charge in [-0.15, -0.1) is 0 Å². The number of carbonyl (C=O) groups is 1. The third-order valence-electron chi connectivity index (χ3n) is 4.45. The number of sulfonamides is 1. The molecule has 2 aromatic carbocycles. The number of benzene rings is 2. The number of hydrogen-bond donors (Lipinski definition) is 4. The Labute approximate surface area is 158 Å². The monoisotopic (exact) mass is 390 g/mol. The van der Waals surface area contributed by atoms with Crippen molar-refractivity contribution in [2.75, 3.05) is 7.11 Å². The molecule has 144 valence electrons. The highest BCUT2D eigenvalue weighted by Crippen LogP contribution is 2.29. The zero-order valence-electron chi connectivity index (χ0n) is 14.8. The van der Waals surface area contributed by atoms with E-state index < -0.39 is 10.0 Å². The van der Waals surface area contributed by atoms with Crippen molar-refractivity contribution in [3.05, 3.63) is 59.7 Å². The normalized spacial score (nSPS) is 19.6. The Morgan fingerprint density at radius 3 is 2.56 bits per heavy atom. The van der Waals surface area contributed by atoms with E-state index in [1.807, 2.05) is 24.3 Å². The van der Waals surface area contributed by atoms with Gasteiger partial charge in [0.2, 0.25) is 15.9 Å². The Balaban J connectivity index is 1.56. The van der Waals surface area contributed by atoms with Crippen molar-refractivity contribution in [1.82, 2.24) is 16.2 Å². The second-order valence-electron chi connectivity index (χ2n) is 6.28. The van der Waals surface area contributed by atoms with Crippen LogP contribution in [0, 0.1) is 0 Å². The van der Waals surface area contributed by atoms with Gasteiger partial charge in [-0.05, 0) is 30.2 Å². The second kappa shape index (κ2) is 8.05. The van der Waals surface area contributed by atoms with Crippen molar-refractivity contribution >= 4 is 15.9 Å². The standard InChI is InChI=1S/C18H22N4O4S/c1-26-17-5-3-2-4-14(17)15-10-16(22-21-15)18(23)20-11-12-6-8-13(9-7-12)27(19,24)25/h2-9,15-16,21-22H,10-11H2,1H3,(H,20,23)(H2,19,24,25). The number of primary sulfonamides is 1. The number of nitrogens with two attached hydrogens (primary N) is 1. The summed E-state index contributed by atoms with van der Waals surface area (Å²) in [5.41, 5.74) is 7.91. The number of amides is 1. The lowest BCUT2D eigenvalue weighted by molar-refractivity contribution is -0.123. The fourth-order valence-electron chi connectivity index (χ4n) is 3.00. The summed E-state index contributed by atoms with van der Waals surface area (Å²) >= 11 is 0. The van der Waals surface area contributed by atoms with Crippen molar-refractivity contribution < 1.29 is 17.9 Å². The SMILES string of the molecule is COc1ccccc1C1CC(C(=O)NCc2ccc(S(N)(=O)=O)cc2)NN1. The molecule has 0 aliphatic carbocycles. The minimum Gasteiger partial charge on any atom is -0.496 e. The van der Waals surface area contributed by atoms with Crippen LogP contribution in [0.4, 0.5) is 0 Å². The molecule has 0 aromatic heterocycles. The van der Waals surface area contributed by atoms with Crippen LogP contribution in [-0.2, 0) is 21.4 Å². The first-order valence-electron chi connectivity index (χ1n) is 8.42. The maximum atomic E-state index is 12.4. The molecule has 1 aliphatic rings. The molecule has 1 amide bonds. The van der Waals surface area contributed by atoms with Crippen LogP contribution in [0.2, 0.25) is 0 Å². The summed E-state index contributed by atoms with van der Waals surface area (Å²) in [6.07, 6.45) is 0.580. The zero-order valence-corrected chi connectivity index (χ0v) is 15.6. The maximum absolute atomic E-state index is 12.4. The van der Waals surface area contributed by atoms with Crippen molar-refractivity contribution in [1.29, 1.82) is 0 Å². The highest BCUT2D eigenvalue weighted by Gasteiger charge is 2.31. The van der Waals surface area contributed by atoms with E-state index in [-0.39, 0.29) is 22.9 Å². The van der Waals surface area contributed by atoms with E-state index >= 15 is 0 Å². The molecule has 1 saturated heterocycles. The Hall–Kier alpha value is -2.46. The number of methoxy groups -OCH3 is 1. The van der Waals surface area contributed by atoms with E-state index in [9.17, 15) is 13.2 Å². The Morgan fingerprint density at radius 2 is 1.89 bits per heavy atom. The predicted octanol–water partition coefficient (Wildman–Crippen LogP) is 0.567. The Morgan fingerprint density at radius 1 is 1.19 bits per heavy atom. The summed E-state index contributed by atoms with van der Waals surface area (Å²) in [5, 5.41) is 7.92. The number of hydrogen-bond acceptors (Lipinski definition) is 6. The van der Waals surface area contributed by atoms with Crippen LogP contribution in [0.3, 0.4) is 0 Å². The second-order valence-corrected chi connectivity index (χ2v) is 7.84. The molecular weight excluding hydrogens is 368 g/mol. The van der Waals surface area contributed by atoms with Crippen molar-refractivity contribution in [2.24, 2.45) is 5.14 Å². The van der Waals surface area contributed by atoms with Gasteiger partial charge < -0.3 is 10.1 Å². The van der Waals surface area contributed by atoms with E-state index in [1.165, 1.54) is 12.1 Å². The van der Waals surface area contributed by atoms with Crippen molar-refractivity contribution in [3.8, 4) is 5.75 Å². The third-order valence-corrected chi connectivity index (χ3v) is 5.38. The molecule has 0 spiro atoms. The van der Waals surface area contributed by atoms with E-state index in [0.29, 0.717) is 13.0 Å². The molecule has 2 unspecified atom stereocenters. The van der Waals surface area contributed by atoms with Crippen LogP contribution >= 0.6 is 0 Å². The zero-order chi connectivity index (χ0) is 19.4. The van der Waals surface area contributed by atoms with Gasteiger partial charge in [0.15, 0.2) is 0 Å². The van der Waals surface area contributed by atoms with Gasteiger partial charge in [-0.1, -0.05) is 30.3 Å². The van der Waals surface area contributed by atoms with Crippen LogP contribution in [-0.4, -0.2) is 27.5 Å². The number of carbonyl (C=O) groups excluding carboxylic acids is 1. The van der Waals surface area contributed by atoms with Gasteiger partial charge in [-0.2, -0.15) is 0 Å². The van der Waals surface area contributed by atoms with Gasteiger partial charge in [0.05, 0.1) is 18.0 Å². The van der Waals surface area contributed by atoms with Crippen molar-refractivity contribution in [2.45, 2.75) is 29.9 Å². The molecular formula is C18H22N4O4S. The fourth-order valence-corrected chi connectivity index (χ4v) is 3.51. The minimum atomic E-state index is -3.72. The predicted molar refractivity (Wildman–Crippen MR) is 100 cm³/mol. The quantitative estimate of drug-likeness (QED) is 0.572. The summed E-state index contributed by atoms with van der Waals surface area (Å²) in [7, 11) is -2.10. The average molecular weight is 390 g/mol. The summed E-state index contributed by atoms with van der Waals surface area (Å²) in [6.45, 7) is 0.293. The van der Waals surface area contributed by atoms with E-state index in [1.54, 1.807) is 19.2 Å². The number of hydrazine groups is 1. The van der Waals surface area contributed by atoms with Gasteiger partial charge in [0.25, 0.3) is 0 Å². The summed E-state index contributed by atoms with van der Waals surface area (Å²) < 4.78 is 27.9. The van der Waals surface area contributed by atoms with Crippen LogP contribution in [0.5, 0.6) is 5.75 Å². The van der Waals surface area contributed by atoms with Crippen LogP contribution < -0.4 is 26.0 Å². The third kappa shape index (κ3) is 4.64. The molecule has 5 N–H and O–H groups in total. The molecule has 0 bridgehead atoms. The first-order valence-corrected chi connectivity index (χ1v) is 9.96. The molecule has 2 aromatic rings. The van der Waals surface area contributed by atoms with Crippen molar-refractivity contribution in [3.63, 3.8) is 0 Å². The summed E-state index contributed by atoms with van der Waals surface area (Å²) in [5.74, 6) is 0.628. The topological polar surface area (TPSA) is 123 Å². The molecule has 3 rings (SSSR count). The molecule has 27 heavy (non-hydrogen) atoms. The number of rotatable bonds is 6. The molecule has 0 saturated carbocycles. The van der Waals surface area contributed by atoms with E-state index in [2.05, 4.69) is 16.2 Å². The first-order chi connectivity index (χ1) is 12.9. The number of para-hydroxylation sites is 1. The van der Waals surface area contributed by atoms with Gasteiger partial charge in [0.1, 0.15) is 11.8 Å². The maximum Gasteiger partial charge on any atom is 0.238 e.